The molecule has 0 bridgehead atoms. The van der Waals surface area contributed by atoms with E-state index in [1.54, 1.807) is 18.4 Å². The summed E-state index contributed by atoms with van der Waals surface area (Å²) in [6.07, 6.45) is -0.123. The van der Waals surface area contributed by atoms with Gasteiger partial charge in [0, 0.05) is 18.5 Å². The summed E-state index contributed by atoms with van der Waals surface area (Å²) in [6.45, 7) is 1.64. The van der Waals surface area contributed by atoms with Crippen molar-refractivity contribution in [2.75, 3.05) is 6.54 Å². The van der Waals surface area contributed by atoms with Gasteiger partial charge in [0.15, 0.2) is 0 Å². The predicted octanol–water partition coefficient (Wildman–Crippen LogP) is 2.31. The molecule has 0 atom stereocenters. The Morgan fingerprint density at radius 2 is 1.83 bits per heavy atom. The minimum atomic E-state index is -3.62. The fourth-order valence-electron chi connectivity index (χ4n) is 2.34. The van der Waals surface area contributed by atoms with Crippen LogP contribution in [-0.2, 0) is 14.8 Å². The molecular weight excluding hydrogens is 432 g/mol. The fourth-order valence-corrected chi connectivity index (χ4v) is 5.38. The summed E-state index contributed by atoms with van der Waals surface area (Å²) in [5.41, 5.74) is 6.09. The van der Waals surface area contributed by atoms with E-state index in [1.807, 2.05) is 30.3 Å². The van der Waals surface area contributed by atoms with Crippen molar-refractivity contribution in [2.45, 2.75) is 17.6 Å². The number of hydrogen-bond acceptors (Lipinski definition) is 7. The Balaban J connectivity index is 1.49. The second kappa shape index (κ2) is 9.27. The van der Waals surface area contributed by atoms with E-state index in [9.17, 15) is 18.0 Å². The van der Waals surface area contributed by atoms with Gasteiger partial charge < -0.3 is 0 Å². The van der Waals surface area contributed by atoms with Crippen molar-refractivity contribution in [3.63, 3.8) is 0 Å². The van der Waals surface area contributed by atoms with Crippen LogP contribution in [0.2, 0.25) is 0 Å². The van der Waals surface area contributed by atoms with Crippen LogP contribution in [0.25, 0.3) is 10.6 Å². The number of thiophene rings is 1. The standard InChI is InChI=1S/C18H18N4O4S3/c1-12-16(28-18(20-12)13-6-3-2-4-7-13)17(24)22-21-14(23)9-10-19-29(25,26)15-8-5-11-27-15/h2-8,11,19H,9-10H2,1H3,(H,21,23)(H,22,24). The van der Waals surface area contributed by atoms with Gasteiger partial charge in [0.1, 0.15) is 14.1 Å². The number of sulfonamides is 1. The van der Waals surface area contributed by atoms with E-state index in [0.29, 0.717) is 15.6 Å². The summed E-state index contributed by atoms with van der Waals surface area (Å²) < 4.78 is 26.5. The summed E-state index contributed by atoms with van der Waals surface area (Å²) >= 11 is 2.32. The maximum Gasteiger partial charge on any atom is 0.281 e. The first-order chi connectivity index (χ1) is 13.9. The summed E-state index contributed by atoms with van der Waals surface area (Å²) in [5.74, 6) is -0.993. The molecule has 8 nitrogen and oxygen atoms in total. The molecule has 29 heavy (non-hydrogen) atoms. The lowest BCUT2D eigenvalue weighted by Crippen LogP contribution is -2.42. The van der Waals surface area contributed by atoms with Crippen molar-refractivity contribution in [3.8, 4) is 10.6 Å². The number of amides is 2. The first kappa shape index (κ1) is 21.1. The average molecular weight is 451 g/mol. The van der Waals surface area contributed by atoms with Crippen LogP contribution in [0.1, 0.15) is 21.8 Å². The van der Waals surface area contributed by atoms with Crippen molar-refractivity contribution in [1.29, 1.82) is 0 Å². The summed E-state index contributed by atoms with van der Waals surface area (Å²) in [5, 5.41) is 2.36. The zero-order valence-electron chi connectivity index (χ0n) is 15.3. The van der Waals surface area contributed by atoms with Crippen LogP contribution < -0.4 is 15.6 Å². The predicted molar refractivity (Wildman–Crippen MR) is 112 cm³/mol. The Labute approximate surface area is 176 Å². The van der Waals surface area contributed by atoms with Crippen LogP contribution in [0.5, 0.6) is 0 Å². The molecule has 2 aromatic heterocycles. The first-order valence-electron chi connectivity index (χ1n) is 8.52. The zero-order valence-corrected chi connectivity index (χ0v) is 17.8. The van der Waals surface area contributed by atoms with Crippen molar-refractivity contribution in [2.24, 2.45) is 0 Å². The SMILES string of the molecule is Cc1nc(-c2ccccc2)sc1C(=O)NNC(=O)CCNS(=O)(=O)c1cccs1. The third kappa shape index (κ3) is 5.48. The van der Waals surface area contributed by atoms with Crippen molar-refractivity contribution in [1.82, 2.24) is 20.6 Å². The smallest absolute Gasteiger partial charge is 0.273 e. The fraction of sp³-hybridized carbons (Fsp3) is 0.167. The maximum atomic E-state index is 12.3. The van der Waals surface area contributed by atoms with Gasteiger partial charge in [-0.25, -0.2) is 18.1 Å². The van der Waals surface area contributed by atoms with Gasteiger partial charge in [-0.2, -0.15) is 0 Å². The van der Waals surface area contributed by atoms with Crippen LogP contribution in [0.3, 0.4) is 0 Å². The van der Waals surface area contributed by atoms with Crippen molar-refractivity contribution >= 4 is 44.5 Å². The number of nitrogens with one attached hydrogen (secondary N) is 3. The second-order valence-corrected chi connectivity index (χ2v) is 9.82. The molecule has 0 fully saturated rings. The van der Waals surface area contributed by atoms with Gasteiger partial charge in [0.05, 0.1) is 5.69 Å². The van der Waals surface area contributed by atoms with Crippen LogP contribution in [0.4, 0.5) is 0 Å². The Morgan fingerprint density at radius 3 is 2.52 bits per heavy atom. The lowest BCUT2D eigenvalue weighted by Gasteiger charge is -2.07. The van der Waals surface area contributed by atoms with Gasteiger partial charge in [-0.3, -0.25) is 20.4 Å². The van der Waals surface area contributed by atoms with E-state index in [0.717, 1.165) is 16.9 Å². The molecule has 3 rings (SSSR count). The van der Waals surface area contributed by atoms with E-state index in [4.69, 9.17) is 0 Å². The highest BCUT2D eigenvalue weighted by atomic mass is 32.2. The third-order valence-electron chi connectivity index (χ3n) is 3.74. The molecule has 0 saturated heterocycles. The number of carbonyl (C=O) groups is 2. The molecule has 3 aromatic rings. The minimum absolute atomic E-state index is 0.0837. The normalized spacial score (nSPS) is 11.2. The average Bonchev–Trinajstić information content (AvgIpc) is 3.37. The zero-order chi connectivity index (χ0) is 20.9. The van der Waals surface area contributed by atoms with E-state index in [1.165, 1.54) is 17.4 Å². The molecule has 1 aromatic carbocycles. The quantitative estimate of drug-likeness (QED) is 0.478. The number of hydrogen-bond donors (Lipinski definition) is 3. The Morgan fingerprint density at radius 1 is 1.07 bits per heavy atom. The molecule has 2 heterocycles. The molecule has 3 N–H and O–H groups in total. The Hall–Kier alpha value is -2.60. The molecule has 0 aliphatic carbocycles. The molecule has 0 radical (unpaired) electrons. The monoisotopic (exact) mass is 450 g/mol. The van der Waals surface area contributed by atoms with E-state index >= 15 is 0 Å². The van der Waals surface area contributed by atoms with Gasteiger partial charge in [0.25, 0.3) is 5.91 Å². The summed E-state index contributed by atoms with van der Waals surface area (Å²) in [4.78, 5) is 29.0. The van der Waals surface area contributed by atoms with E-state index in [-0.39, 0.29) is 17.2 Å². The summed E-state index contributed by atoms with van der Waals surface area (Å²) in [6, 6.07) is 12.6. The van der Waals surface area contributed by atoms with Gasteiger partial charge in [0.2, 0.25) is 15.9 Å². The van der Waals surface area contributed by atoms with E-state index < -0.39 is 21.8 Å². The minimum Gasteiger partial charge on any atom is -0.273 e. The highest BCUT2D eigenvalue weighted by molar-refractivity contribution is 7.91. The Bertz CT molecular complexity index is 1090. The van der Waals surface area contributed by atoms with Gasteiger partial charge >= 0.3 is 0 Å². The van der Waals surface area contributed by atoms with Crippen molar-refractivity contribution < 1.29 is 18.0 Å². The van der Waals surface area contributed by atoms with Crippen LogP contribution in [0.15, 0.2) is 52.1 Å². The lowest BCUT2D eigenvalue weighted by molar-refractivity contribution is -0.121. The highest BCUT2D eigenvalue weighted by Gasteiger charge is 2.18. The van der Waals surface area contributed by atoms with Crippen LogP contribution >= 0.6 is 22.7 Å². The second-order valence-electron chi connectivity index (χ2n) is 5.88. The largest absolute Gasteiger partial charge is 0.281 e. The molecule has 0 aliphatic rings. The van der Waals surface area contributed by atoms with Gasteiger partial charge in [-0.05, 0) is 18.4 Å². The van der Waals surface area contributed by atoms with E-state index in [2.05, 4.69) is 20.6 Å². The topological polar surface area (TPSA) is 117 Å². The van der Waals surface area contributed by atoms with Gasteiger partial charge in [-0.1, -0.05) is 36.4 Å². The molecule has 11 heteroatoms. The molecule has 0 saturated carbocycles. The Kier molecular flexibility index (Phi) is 6.75. The number of nitrogens with zero attached hydrogens (tertiary/aromatic N) is 1. The van der Waals surface area contributed by atoms with Crippen LogP contribution in [-0.4, -0.2) is 31.8 Å². The van der Waals surface area contributed by atoms with Crippen LogP contribution in [0, 0.1) is 6.92 Å². The molecule has 0 spiro atoms. The number of thiazole rings is 1. The molecular formula is C18H18N4O4S3. The lowest BCUT2D eigenvalue weighted by atomic mass is 10.2. The number of carbonyl (C=O) groups excluding carboxylic acids is 2. The number of benzene rings is 1. The maximum absolute atomic E-state index is 12.3. The van der Waals surface area contributed by atoms with Gasteiger partial charge in [-0.15, -0.1) is 22.7 Å². The number of aryl methyl sites for hydroxylation is 1. The number of aromatic nitrogens is 1. The first-order valence-corrected chi connectivity index (χ1v) is 11.7. The van der Waals surface area contributed by atoms with Crippen molar-refractivity contribution in [3.05, 3.63) is 58.4 Å². The molecule has 152 valence electrons. The number of rotatable bonds is 7. The molecule has 2 amide bonds. The summed E-state index contributed by atoms with van der Waals surface area (Å²) in [7, 11) is -3.62. The molecule has 0 unspecified atom stereocenters. The highest BCUT2D eigenvalue weighted by Crippen LogP contribution is 2.27. The number of hydrazine groups is 1. The third-order valence-corrected chi connectivity index (χ3v) is 7.81. The molecule has 0 aliphatic heterocycles.